The van der Waals surface area contributed by atoms with Crippen LogP contribution in [0.1, 0.15) is 52.4 Å². The molecule has 0 spiro atoms. The fraction of sp³-hybridized carbons (Fsp3) is 1.00. The molecule has 0 aromatic rings. The van der Waals surface area contributed by atoms with Gasteiger partial charge in [0, 0.05) is 18.6 Å². The molecule has 16 heavy (non-hydrogen) atoms. The van der Waals surface area contributed by atoms with Crippen LogP contribution in [0.3, 0.4) is 0 Å². The van der Waals surface area contributed by atoms with E-state index in [1.165, 1.54) is 6.42 Å². The van der Waals surface area contributed by atoms with Crippen LogP contribution in [0.25, 0.3) is 0 Å². The van der Waals surface area contributed by atoms with E-state index in [0.717, 1.165) is 32.1 Å². The first-order valence-electron chi connectivity index (χ1n) is 6.79. The summed E-state index contributed by atoms with van der Waals surface area (Å²) < 4.78 is 0. The summed E-state index contributed by atoms with van der Waals surface area (Å²) >= 11 is 0. The van der Waals surface area contributed by atoms with E-state index >= 15 is 0 Å². The van der Waals surface area contributed by atoms with Gasteiger partial charge in [-0.05, 0) is 25.7 Å². The molecule has 0 aromatic heterocycles. The Bertz CT molecular complexity index is 183. The normalized spacial score (nSPS) is 26.6. The largest absolute Gasteiger partial charge is 0.395 e. The van der Waals surface area contributed by atoms with Gasteiger partial charge in [-0.1, -0.05) is 26.7 Å². The van der Waals surface area contributed by atoms with Gasteiger partial charge in [0.2, 0.25) is 0 Å². The molecule has 0 radical (unpaired) electrons. The van der Waals surface area contributed by atoms with Gasteiger partial charge >= 0.3 is 0 Å². The van der Waals surface area contributed by atoms with E-state index in [-0.39, 0.29) is 18.8 Å². The molecule has 0 bridgehead atoms. The van der Waals surface area contributed by atoms with Crippen LogP contribution >= 0.6 is 0 Å². The molecule has 1 rings (SSSR count). The number of aliphatic hydroxyl groups is 2. The highest BCUT2D eigenvalue weighted by Gasteiger charge is 2.31. The van der Waals surface area contributed by atoms with Crippen LogP contribution in [-0.4, -0.2) is 46.5 Å². The van der Waals surface area contributed by atoms with Gasteiger partial charge in [0.15, 0.2) is 0 Å². The number of rotatable bonds is 6. The Hall–Kier alpha value is -0.120. The van der Waals surface area contributed by atoms with Gasteiger partial charge in [0.05, 0.1) is 12.7 Å². The molecule has 2 atom stereocenters. The van der Waals surface area contributed by atoms with Gasteiger partial charge in [-0.25, -0.2) is 0 Å². The molecule has 0 amide bonds. The quantitative estimate of drug-likeness (QED) is 0.729. The number of hydrogen-bond acceptors (Lipinski definition) is 3. The van der Waals surface area contributed by atoms with Gasteiger partial charge in [0.1, 0.15) is 0 Å². The van der Waals surface area contributed by atoms with Crippen LogP contribution in [0.15, 0.2) is 0 Å². The lowest BCUT2D eigenvalue weighted by Crippen LogP contribution is -2.51. The van der Waals surface area contributed by atoms with Crippen molar-refractivity contribution >= 4 is 0 Å². The van der Waals surface area contributed by atoms with Crippen molar-refractivity contribution in [2.45, 2.75) is 70.6 Å². The lowest BCUT2D eigenvalue weighted by Gasteiger charge is -2.41. The minimum Gasteiger partial charge on any atom is -0.395 e. The molecule has 2 N–H and O–H groups in total. The second-order valence-corrected chi connectivity index (χ2v) is 4.85. The molecule has 1 fully saturated rings. The van der Waals surface area contributed by atoms with Crippen LogP contribution in [0, 0.1) is 0 Å². The average Bonchev–Trinajstić information content (AvgIpc) is 2.30. The standard InChI is InChI=1S/C13H27NO2/c1-3-11(4-2)14(9-10-15)12-7-5-6-8-13(12)16/h11-13,15-16H,3-10H2,1-2H3/t12-,13-/m1/s1. The van der Waals surface area contributed by atoms with Gasteiger partial charge in [-0.3, -0.25) is 4.90 Å². The van der Waals surface area contributed by atoms with E-state index in [1.54, 1.807) is 0 Å². The molecule has 3 nitrogen and oxygen atoms in total. The molecule has 0 aliphatic heterocycles. The van der Waals surface area contributed by atoms with E-state index in [2.05, 4.69) is 18.7 Å². The first kappa shape index (κ1) is 13.9. The summed E-state index contributed by atoms with van der Waals surface area (Å²) in [6.07, 6.45) is 6.36. The van der Waals surface area contributed by atoms with E-state index in [4.69, 9.17) is 0 Å². The highest BCUT2D eigenvalue weighted by Crippen LogP contribution is 2.26. The molecule has 0 aromatic carbocycles. The minimum atomic E-state index is -0.194. The fourth-order valence-electron chi connectivity index (χ4n) is 2.97. The van der Waals surface area contributed by atoms with Gasteiger partial charge < -0.3 is 10.2 Å². The van der Waals surface area contributed by atoms with E-state index in [0.29, 0.717) is 12.6 Å². The van der Waals surface area contributed by atoms with Crippen LogP contribution in [0.4, 0.5) is 0 Å². The van der Waals surface area contributed by atoms with Crippen molar-refractivity contribution in [2.24, 2.45) is 0 Å². The summed E-state index contributed by atoms with van der Waals surface area (Å²) in [6, 6.07) is 0.774. The molecule has 0 unspecified atom stereocenters. The zero-order valence-electron chi connectivity index (χ0n) is 10.7. The SMILES string of the molecule is CCC(CC)N(CCO)[C@@H]1CCCC[C@H]1O. The molecular weight excluding hydrogens is 202 g/mol. The van der Waals surface area contributed by atoms with E-state index in [1.807, 2.05) is 0 Å². The Morgan fingerprint density at radius 1 is 1.19 bits per heavy atom. The Labute approximate surface area is 99.5 Å². The van der Waals surface area contributed by atoms with Crippen LogP contribution < -0.4 is 0 Å². The van der Waals surface area contributed by atoms with Gasteiger partial charge in [-0.15, -0.1) is 0 Å². The highest BCUT2D eigenvalue weighted by molar-refractivity contribution is 4.86. The zero-order chi connectivity index (χ0) is 12.0. The Balaban J connectivity index is 2.65. The molecule has 1 aliphatic rings. The first-order chi connectivity index (χ1) is 7.74. The first-order valence-corrected chi connectivity index (χ1v) is 6.79. The predicted molar refractivity (Wildman–Crippen MR) is 66.4 cm³/mol. The summed E-state index contributed by atoms with van der Waals surface area (Å²) in [5.41, 5.74) is 0. The van der Waals surface area contributed by atoms with Gasteiger partial charge in [0.25, 0.3) is 0 Å². The van der Waals surface area contributed by atoms with Crippen molar-refractivity contribution in [2.75, 3.05) is 13.2 Å². The van der Waals surface area contributed by atoms with Crippen molar-refractivity contribution < 1.29 is 10.2 Å². The lowest BCUT2D eigenvalue weighted by molar-refractivity contribution is -0.0109. The van der Waals surface area contributed by atoms with Crippen LogP contribution in [0.2, 0.25) is 0 Å². The van der Waals surface area contributed by atoms with Crippen LogP contribution in [0.5, 0.6) is 0 Å². The summed E-state index contributed by atoms with van der Waals surface area (Å²) in [6.45, 7) is 5.27. The Morgan fingerprint density at radius 3 is 2.31 bits per heavy atom. The van der Waals surface area contributed by atoms with Crippen LogP contribution in [-0.2, 0) is 0 Å². The number of hydrogen-bond donors (Lipinski definition) is 2. The average molecular weight is 229 g/mol. The third-order valence-electron chi connectivity index (χ3n) is 3.89. The minimum absolute atomic E-state index is 0.194. The summed E-state index contributed by atoms with van der Waals surface area (Å²) in [4.78, 5) is 2.34. The summed E-state index contributed by atoms with van der Waals surface area (Å²) in [7, 11) is 0. The predicted octanol–water partition coefficient (Wildman–Crippen LogP) is 1.77. The second kappa shape index (κ2) is 7.25. The zero-order valence-corrected chi connectivity index (χ0v) is 10.7. The Kier molecular flexibility index (Phi) is 6.32. The highest BCUT2D eigenvalue weighted by atomic mass is 16.3. The summed E-state index contributed by atoms with van der Waals surface area (Å²) in [5.74, 6) is 0. The number of aliphatic hydroxyl groups excluding tert-OH is 2. The maximum atomic E-state index is 10.1. The molecule has 0 saturated heterocycles. The molecular formula is C13H27NO2. The number of nitrogens with zero attached hydrogens (tertiary/aromatic N) is 1. The molecule has 3 heteroatoms. The van der Waals surface area contributed by atoms with Crippen molar-refractivity contribution in [3.05, 3.63) is 0 Å². The molecule has 1 aliphatic carbocycles. The fourth-order valence-corrected chi connectivity index (χ4v) is 2.97. The second-order valence-electron chi connectivity index (χ2n) is 4.85. The summed E-state index contributed by atoms with van der Waals surface area (Å²) in [5, 5.41) is 19.3. The topological polar surface area (TPSA) is 43.7 Å². The van der Waals surface area contributed by atoms with E-state index < -0.39 is 0 Å². The van der Waals surface area contributed by atoms with Crippen molar-refractivity contribution in [3.8, 4) is 0 Å². The molecule has 96 valence electrons. The maximum absolute atomic E-state index is 10.1. The molecule has 0 heterocycles. The van der Waals surface area contributed by atoms with E-state index in [9.17, 15) is 10.2 Å². The third-order valence-corrected chi connectivity index (χ3v) is 3.89. The monoisotopic (exact) mass is 229 g/mol. The van der Waals surface area contributed by atoms with Crippen molar-refractivity contribution in [1.29, 1.82) is 0 Å². The van der Waals surface area contributed by atoms with Crippen molar-refractivity contribution in [1.82, 2.24) is 4.90 Å². The lowest BCUT2D eigenvalue weighted by atomic mass is 9.89. The Morgan fingerprint density at radius 2 is 1.81 bits per heavy atom. The molecule has 1 saturated carbocycles. The van der Waals surface area contributed by atoms with Crippen molar-refractivity contribution in [3.63, 3.8) is 0 Å². The van der Waals surface area contributed by atoms with Gasteiger partial charge in [-0.2, -0.15) is 0 Å². The maximum Gasteiger partial charge on any atom is 0.0695 e. The third kappa shape index (κ3) is 3.44. The smallest absolute Gasteiger partial charge is 0.0695 e.